The molecular formula is C18H23N3O. The summed E-state index contributed by atoms with van der Waals surface area (Å²) >= 11 is 0. The third kappa shape index (κ3) is 4.81. The Hall–Kier alpha value is -2.49. The van der Waals surface area contributed by atoms with Gasteiger partial charge in [0.1, 0.15) is 12.4 Å². The molecule has 0 aromatic heterocycles. The van der Waals surface area contributed by atoms with Crippen molar-refractivity contribution in [3.05, 3.63) is 59.2 Å². The average Bonchev–Trinajstić information content (AvgIpc) is 2.49. The van der Waals surface area contributed by atoms with Crippen molar-refractivity contribution in [2.45, 2.75) is 20.8 Å². The second-order valence-electron chi connectivity index (χ2n) is 5.35. The first-order chi connectivity index (χ1) is 10.5. The van der Waals surface area contributed by atoms with E-state index >= 15 is 0 Å². The topological polar surface area (TPSA) is 59.6 Å². The second kappa shape index (κ2) is 7.50. The Bertz CT molecular complexity index is 648. The van der Waals surface area contributed by atoms with E-state index in [0.717, 1.165) is 11.4 Å². The van der Waals surface area contributed by atoms with Gasteiger partial charge in [-0.2, -0.15) is 0 Å². The van der Waals surface area contributed by atoms with Crippen molar-refractivity contribution in [3.63, 3.8) is 0 Å². The maximum Gasteiger partial charge on any atom is 0.193 e. The lowest BCUT2D eigenvalue weighted by Gasteiger charge is -2.08. The number of nitrogens with one attached hydrogen (secondary N) is 1. The van der Waals surface area contributed by atoms with E-state index < -0.39 is 0 Å². The van der Waals surface area contributed by atoms with Gasteiger partial charge in [-0.1, -0.05) is 23.8 Å². The van der Waals surface area contributed by atoms with Crippen molar-refractivity contribution < 1.29 is 4.74 Å². The van der Waals surface area contributed by atoms with Gasteiger partial charge in [0, 0.05) is 5.69 Å². The number of nitrogens with zero attached hydrogens (tertiary/aromatic N) is 1. The molecule has 22 heavy (non-hydrogen) atoms. The van der Waals surface area contributed by atoms with Gasteiger partial charge < -0.3 is 15.8 Å². The molecule has 0 saturated heterocycles. The second-order valence-corrected chi connectivity index (χ2v) is 5.35. The number of nitrogens with two attached hydrogens (primary N) is 1. The van der Waals surface area contributed by atoms with E-state index in [-0.39, 0.29) is 0 Å². The summed E-state index contributed by atoms with van der Waals surface area (Å²) in [5.41, 5.74) is 10.5. The van der Waals surface area contributed by atoms with Gasteiger partial charge in [-0.15, -0.1) is 0 Å². The van der Waals surface area contributed by atoms with Gasteiger partial charge in [0.05, 0.1) is 6.54 Å². The van der Waals surface area contributed by atoms with Gasteiger partial charge >= 0.3 is 0 Å². The molecule has 0 spiro atoms. The van der Waals surface area contributed by atoms with E-state index in [1.54, 1.807) is 0 Å². The zero-order valence-corrected chi connectivity index (χ0v) is 13.4. The van der Waals surface area contributed by atoms with Crippen LogP contribution in [0, 0.1) is 20.8 Å². The summed E-state index contributed by atoms with van der Waals surface area (Å²) in [6, 6.07) is 14.1. The van der Waals surface area contributed by atoms with E-state index in [4.69, 9.17) is 10.5 Å². The fourth-order valence-electron chi connectivity index (χ4n) is 1.97. The van der Waals surface area contributed by atoms with E-state index in [0.29, 0.717) is 19.1 Å². The minimum absolute atomic E-state index is 0.399. The van der Waals surface area contributed by atoms with Crippen LogP contribution in [0.4, 0.5) is 5.69 Å². The number of hydrogen-bond donors (Lipinski definition) is 2. The summed E-state index contributed by atoms with van der Waals surface area (Å²) in [5, 5.41) is 3.09. The first kappa shape index (κ1) is 15.9. The van der Waals surface area contributed by atoms with Crippen molar-refractivity contribution in [1.82, 2.24) is 0 Å². The molecule has 0 unspecified atom stereocenters. The normalized spacial score (nSPS) is 11.3. The fourth-order valence-corrected chi connectivity index (χ4v) is 1.97. The van der Waals surface area contributed by atoms with E-state index in [9.17, 15) is 0 Å². The smallest absolute Gasteiger partial charge is 0.193 e. The van der Waals surface area contributed by atoms with Crippen molar-refractivity contribution in [2.75, 3.05) is 18.5 Å². The number of ether oxygens (including phenoxy) is 1. The molecule has 0 aliphatic heterocycles. The third-order valence-corrected chi connectivity index (χ3v) is 3.44. The largest absolute Gasteiger partial charge is 0.492 e. The standard InChI is InChI=1S/C18H23N3O/c1-13-4-8-17(9-5-13)22-11-10-20-18(19)21-16-7-6-14(2)15(3)12-16/h4-9,12H,10-11H2,1-3H3,(H3,19,20,21). The van der Waals surface area contributed by atoms with Crippen molar-refractivity contribution in [1.29, 1.82) is 0 Å². The van der Waals surface area contributed by atoms with Crippen LogP contribution in [0.15, 0.2) is 47.5 Å². The monoisotopic (exact) mass is 297 g/mol. The Morgan fingerprint density at radius 2 is 1.77 bits per heavy atom. The summed E-state index contributed by atoms with van der Waals surface area (Å²) in [4.78, 5) is 4.26. The predicted molar refractivity (Wildman–Crippen MR) is 92.7 cm³/mol. The molecule has 0 bridgehead atoms. The maximum atomic E-state index is 5.88. The first-order valence-corrected chi connectivity index (χ1v) is 7.38. The molecule has 4 nitrogen and oxygen atoms in total. The molecule has 0 heterocycles. The van der Waals surface area contributed by atoms with Crippen LogP contribution in [0.25, 0.3) is 0 Å². The van der Waals surface area contributed by atoms with E-state index in [1.807, 2.05) is 37.3 Å². The number of aryl methyl sites for hydroxylation is 3. The van der Waals surface area contributed by atoms with Crippen LogP contribution < -0.4 is 15.8 Å². The number of benzene rings is 2. The Balaban J connectivity index is 1.79. The quantitative estimate of drug-likeness (QED) is 0.505. The van der Waals surface area contributed by atoms with Crippen molar-refractivity contribution in [3.8, 4) is 5.75 Å². The first-order valence-electron chi connectivity index (χ1n) is 7.38. The Morgan fingerprint density at radius 1 is 1.05 bits per heavy atom. The van der Waals surface area contributed by atoms with Gasteiger partial charge in [0.2, 0.25) is 0 Å². The van der Waals surface area contributed by atoms with Gasteiger partial charge in [-0.25, -0.2) is 4.99 Å². The van der Waals surface area contributed by atoms with Gasteiger partial charge in [0.15, 0.2) is 5.96 Å². The molecule has 0 atom stereocenters. The molecule has 0 radical (unpaired) electrons. The van der Waals surface area contributed by atoms with Crippen LogP contribution >= 0.6 is 0 Å². The van der Waals surface area contributed by atoms with Crippen LogP contribution in [0.5, 0.6) is 5.75 Å². The number of guanidine groups is 1. The molecule has 0 aliphatic carbocycles. The molecule has 0 saturated carbocycles. The van der Waals surface area contributed by atoms with Crippen molar-refractivity contribution >= 4 is 11.6 Å². The lowest BCUT2D eigenvalue weighted by atomic mass is 10.1. The van der Waals surface area contributed by atoms with Crippen molar-refractivity contribution in [2.24, 2.45) is 10.7 Å². The summed E-state index contributed by atoms with van der Waals surface area (Å²) in [5.74, 6) is 1.25. The Labute approximate surface area is 132 Å². The molecule has 0 aliphatic rings. The van der Waals surface area contributed by atoms with Crippen LogP contribution in [0.2, 0.25) is 0 Å². The van der Waals surface area contributed by atoms with Crippen LogP contribution in [-0.4, -0.2) is 19.1 Å². The highest BCUT2D eigenvalue weighted by molar-refractivity contribution is 5.92. The molecular weight excluding hydrogens is 274 g/mol. The van der Waals surface area contributed by atoms with Crippen LogP contribution in [0.3, 0.4) is 0 Å². The minimum atomic E-state index is 0.399. The van der Waals surface area contributed by atoms with Gasteiger partial charge in [-0.05, 0) is 56.2 Å². The molecule has 2 aromatic rings. The minimum Gasteiger partial charge on any atom is -0.492 e. The zero-order chi connectivity index (χ0) is 15.9. The Kier molecular flexibility index (Phi) is 5.42. The highest BCUT2D eigenvalue weighted by atomic mass is 16.5. The summed E-state index contributed by atoms with van der Waals surface area (Å²) < 4.78 is 5.61. The lowest BCUT2D eigenvalue weighted by molar-refractivity contribution is 0.328. The van der Waals surface area contributed by atoms with E-state index in [1.165, 1.54) is 16.7 Å². The molecule has 4 heteroatoms. The van der Waals surface area contributed by atoms with Crippen LogP contribution in [-0.2, 0) is 0 Å². The fraction of sp³-hybridized carbons (Fsp3) is 0.278. The molecule has 2 aromatic carbocycles. The summed E-state index contributed by atoms with van der Waals surface area (Å²) in [7, 11) is 0. The van der Waals surface area contributed by atoms with E-state index in [2.05, 4.69) is 36.3 Å². The maximum absolute atomic E-state index is 5.88. The lowest BCUT2D eigenvalue weighted by Crippen LogP contribution is -2.23. The SMILES string of the molecule is Cc1ccc(OCCN=C(N)Nc2ccc(C)c(C)c2)cc1. The molecule has 3 N–H and O–H groups in total. The molecule has 0 fully saturated rings. The molecule has 116 valence electrons. The predicted octanol–water partition coefficient (Wildman–Crippen LogP) is 3.42. The average molecular weight is 297 g/mol. The number of anilines is 1. The number of hydrogen-bond acceptors (Lipinski definition) is 2. The highest BCUT2D eigenvalue weighted by Crippen LogP contribution is 2.14. The number of aliphatic imine (C=N–C) groups is 1. The van der Waals surface area contributed by atoms with Gasteiger partial charge in [0.25, 0.3) is 0 Å². The number of rotatable bonds is 5. The molecule has 0 amide bonds. The van der Waals surface area contributed by atoms with Gasteiger partial charge in [-0.3, -0.25) is 0 Å². The highest BCUT2D eigenvalue weighted by Gasteiger charge is 1.98. The summed E-state index contributed by atoms with van der Waals surface area (Å²) in [6.45, 7) is 7.21. The molecule has 2 rings (SSSR count). The third-order valence-electron chi connectivity index (χ3n) is 3.44. The van der Waals surface area contributed by atoms with Crippen LogP contribution in [0.1, 0.15) is 16.7 Å². The summed E-state index contributed by atoms with van der Waals surface area (Å²) in [6.07, 6.45) is 0. The Morgan fingerprint density at radius 3 is 2.45 bits per heavy atom. The zero-order valence-electron chi connectivity index (χ0n) is 13.4.